The zero-order chi connectivity index (χ0) is 24.6. The number of carbonyl (C=O) groups is 1. The number of hydrogen-bond donors (Lipinski definition) is 0. The van der Waals surface area contributed by atoms with Crippen molar-refractivity contribution in [1.29, 1.82) is 0 Å². The molecule has 180 valence electrons. The van der Waals surface area contributed by atoms with Crippen LogP contribution < -0.4 is 19.6 Å². The van der Waals surface area contributed by atoms with Gasteiger partial charge in [-0.15, -0.1) is 0 Å². The SMILES string of the molecule is COC(=O)COc1cc2oc(C(F)(F)F)c(-c3ccc4c(c3)OCCO4)c(=O)c2cc1C(C)C. The molecule has 0 N–H and O–H groups in total. The zero-order valence-electron chi connectivity index (χ0n) is 18.6. The summed E-state index contributed by atoms with van der Waals surface area (Å²) >= 11 is 0. The molecule has 34 heavy (non-hydrogen) atoms. The van der Waals surface area contributed by atoms with Crippen molar-refractivity contribution in [2.45, 2.75) is 25.9 Å². The molecule has 0 saturated heterocycles. The number of carbonyl (C=O) groups excluding carboxylic acids is 1. The van der Waals surface area contributed by atoms with Gasteiger partial charge in [-0.2, -0.15) is 13.2 Å². The van der Waals surface area contributed by atoms with Crippen LogP contribution in [-0.4, -0.2) is 32.9 Å². The molecule has 1 aliphatic rings. The molecule has 0 unspecified atom stereocenters. The van der Waals surface area contributed by atoms with Gasteiger partial charge in [0.1, 0.15) is 24.5 Å². The van der Waals surface area contributed by atoms with Gasteiger partial charge in [0.15, 0.2) is 18.1 Å². The standard InChI is InChI=1S/C24H21F3O7/c1-12(2)14-9-15-18(10-17(14)33-11-20(28)30-3)34-23(24(25,26)27)21(22(15)29)13-4-5-16-19(8-13)32-7-6-31-16/h4-5,8-10,12H,6-7,11H2,1-3H3. The third kappa shape index (κ3) is 4.40. The number of methoxy groups -OCH3 is 1. The van der Waals surface area contributed by atoms with Crippen molar-refractivity contribution in [1.82, 2.24) is 0 Å². The van der Waals surface area contributed by atoms with E-state index < -0.39 is 35.5 Å². The summed E-state index contributed by atoms with van der Waals surface area (Å²) in [6.45, 7) is 3.74. The van der Waals surface area contributed by atoms with Gasteiger partial charge in [-0.1, -0.05) is 19.9 Å². The monoisotopic (exact) mass is 478 g/mol. The van der Waals surface area contributed by atoms with Crippen LogP contribution in [0.1, 0.15) is 31.1 Å². The van der Waals surface area contributed by atoms with Gasteiger partial charge in [0.05, 0.1) is 18.1 Å². The second kappa shape index (κ2) is 8.92. The van der Waals surface area contributed by atoms with Crippen LogP contribution >= 0.6 is 0 Å². The lowest BCUT2D eigenvalue weighted by Crippen LogP contribution is -2.18. The maximum atomic E-state index is 14.0. The average molecular weight is 478 g/mol. The second-order valence-electron chi connectivity index (χ2n) is 7.90. The largest absolute Gasteiger partial charge is 0.486 e. The van der Waals surface area contributed by atoms with Gasteiger partial charge >= 0.3 is 12.1 Å². The quantitative estimate of drug-likeness (QED) is 0.481. The molecule has 0 aliphatic carbocycles. The van der Waals surface area contributed by atoms with Crippen molar-refractivity contribution in [2.75, 3.05) is 26.9 Å². The van der Waals surface area contributed by atoms with Crippen LogP contribution in [0.3, 0.4) is 0 Å². The minimum Gasteiger partial charge on any atom is -0.486 e. The fourth-order valence-corrected chi connectivity index (χ4v) is 3.67. The van der Waals surface area contributed by atoms with Gasteiger partial charge in [-0.25, -0.2) is 4.79 Å². The summed E-state index contributed by atoms with van der Waals surface area (Å²) in [6, 6.07) is 6.77. The van der Waals surface area contributed by atoms with Gasteiger partial charge in [-0.3, -0.25) is 4.79 Å². The van der Waals surface area contributed by atoms with E-state index in [1.165, 1.54) is 37.4 Å². The van der Waals surface area contributed by atoms with Crippen molar-refractivity contribution in [2.24, 2.45) is 0 Å². The Hall–Kier alpha value is -3.69. The Morgan fingerprint density at radius 1 is 1.09 bits per heavy atom. The number of benzene rings is 2. The van der Waals surface area contributed by atoms with E-state index >= 15 is 0 Å². The van der Waals surface area contributed by atoms with Gasteiger partial charge < -0.3 is 23.4 Å². The van der Waals surface area contributed by atoms with Gasteiger partial charge in [-0.05, 0) is 35.2 Å². The lowest BCUT2D eigenvalue weighted by atomic mass is 9.97. The summed E-state index contributed by atoms with van der Waals surface area (Å²) in [5, 5.41) is -0.0491. The number of esters is 1. The Kier molecular flexibility index (Phi) is 6.16. The summed E-state index contributed by atoms with van der Waals surface area (Å²) in [4.78, 5) is 24.9. The molecule has 2 aromatic carbocycles. The summed E-state index contributed by atoms with van der Waals surface area (Å²) < 4.78 is 68.2. The van der Waals surface area contributed by atoms with E-state index in [1.54, 1.807) is 0 Å². The van der Waals surface area contributed by atoms with Crippen molar-refractivity contribution < 1.29 is 41.3 Å². The fraction of sp³-hybridized carbons (Fsp3) is 0.333. The topological polar surface area (TPSA) is 84.2 Å². The molecule has 0 atom stereocenters. The highest BCUT2D eigenvalue weighted by Crippen LogP contribution is 2.41. The first kappa shape index (κ1) is 23.5. The van der Waals surface area contributed by atoms with Crippen LogP contribution in [0.25, 0.3) is 22.1 Å². The molecule has 0 bridgehead atoms. The number of halogens is 3. The van der Waals surface area contributed by atoms with Crippen LogP contribution in [0.5, 0.6) is 17.2 Å². The predicted octanol–water partition coefficient (Wildman–Crippen LogP) is 4.93. The van der Waals surface area contributed by atoms with E-state index in [1.807, 2.05) is 13.8 Å². The Bertz CT molecular complexity index is 1310. The number of fused-ring (bicyclic) bond motifs is 2. The van der Waals surface area contributed by atoms with Crippen LogP contribution in [0.15, 0.2) is 39.5 Å². The molecule has 0 fully saturated rings. The summed E-state index contributed by atoms with van der Waals surface area (Å²) in [5.41, 5.74) is -1.29. The van der Waals surface area contributed by atoms with Crippen molar-refractivity contribution >= 4 is 16.9 Å². The smallest absolute Gasteiger partial charge is 0.450 e. The molecule has 7 nitrogen and oxygen atoms in total. The summed E-state index contributed by atoms with van der Waals surface area (Å²) in [5.74, 6) is -1.54. The van der Waals surface area contributed by atoms with Crippen molar-refractivity contribution in [3.8, 4) is 28.4 Å². The first-order valence-corrected chi connectivity index (χ1v) is 10.4. The predicted molar refractivity (Wildman–Crippen MR) is 116 cm³/mol. The fourth-order valence-electron chi connectivity index (χ4n) is 3.67. The molecular formula is C24H21F3O7. The highest BCUT2D eigenvalue weighted by molar-refractivity contribution is 5.86. The van der Waals surface area contributed by atoms with E-state index in [9.17, 15) is 22.8 Å². The maximum Gasteiger partial charge on any atom is 0.450 e. The molecule has 0 spiro atoms. The molecule has 1 aromatic heterocycles. The lowest BCUT2D eigenvalue weighted by Gasteiger charge is -2.20. The van der Waals surface area contributed by atoms with E-state index in [4.69, 9.17) is 18.6 Å². The lowest BCUT2D eigenvalue weighted by molar-refractivity contribution is -0.152. The molecular weight excluding hydrogens is 457 g/mol. The molecule has 4 rings (SSSR count). The van der Waals surface area contributed by atoms with Crippen molar-refractivity contribution in [3.63, 3.8) is 0 Å². The van der Waals surface area contributed by atoms with Gasteiger partial charge in [0.25, 0.3) is 0 Å². The molecule has 0 amide bonds. The van der Waals surface area contributed by atoms with Crippen LogP contribution in [0.2, 0.25) is 0 Å². The van der Waals surface area contributed by atoms with Crippen LogP contribution in [-0.2, 0) is 15.7 Å². The number of ether oxygens (including phenoxy) is 4. The molecule has 2 heterocycles. The second-order valence-corrected chi connectivity index (χ2v) is 7.90. The first-order valence-electron chi connectivity index (χ1n) is 10.4. The average Bonchev–Trinajstić information content (AvgIpc) is 2.80. The third-order valence-corrected chi connectivity index (χ3v) is 5.31. The van der Waals surface area contributed by atoms with Crippen LogP contribution in [0.4, 0.5) is 13.2 Å². The number of alkyl halides is 3. The van der Waals surface area contributed by atoms with E-state index in [2.05, 4.69) is 4.74 Å². The third-order valence-electron chi connectivity index (χ3n) is 5.31. The maximum absolute atomic E-state index is 14.0. The van der Waals surface area contributed by atoms with Gasteiger partial charge in [0.2, 0.25) is 11.2 Å². The molecule has 0 radical (unpaired) electrons. The number of rotatable bonds is 5. The highest BCUT2D eigenvalue weighted by Gasteiger charge is 2.40. The first-order chi connectivity index (χ1) is 16.1. The Labute approximate surface area is 192 Å². The van der Waals surface area contributed by atoms with Gasteiger partial charge in [0, 0.05) is 6.07 Å². The molecule has 1 aliphatic heterocycles. The zero-order valence-corrected chi connectivity index (χ0v) is 18.6. The van der Waals surface area contributed by atoms with E-state index in [0.29, 0.717) is 17.9 Å². The van der Waals surface area contributed by atoms with E-state index in [0.717, 1.165) is 0 Å². The molecule has 10 heteroatoms. The van der Waals surface area contributed by atoms with Crippen LogP contribution in [0, 0.1) is 0 Å². The van der Waals surface area contributed by atoms with Crippen molar-refractivity contribution in [3.05, 3.63) is 51.9 Å². The van der Waals surface area contributed by atoms with E-state index in [-0.39, 0.29) is 40.6 Å². The summed E-state index contributed by atoms with van der Waals surface area (Å²) in [7, 11) is 1.18. The Morgan fingerprint density at radius 2 is 1.79 bits per heavy atom. The minimum absolute atomic E-state index is 0.00987. The number of hydrogen-bond acceptors (Lipinski definition) is 7. The highest BCUT2D eigenvalue weighted by atomic mass is 19.4. The molecule has 0 saturated carbocycles. The summed E-state index contributed by atoms with van der Waals surface area (Å²) in [6.07, 6.45) is -4.96. The normalized spacial score (nSPS) is 13.3. The minimum atomic E-state index is -4.96. The molecule has 3 aromatic rings. The Balaban J connectivity index is 1.95. The Morgan fingerprint density at radius 3 is 2.44 bits per heavy atom.